The monoisotopic (exact) mass is 301 g/mol. The van der Waals surface area contributed by atoms with Crippen LogP contribution in [0.2, 0.25) is 0 Å². The van der Waals surface area contributed by atoms with Gasteiger partial charge < -0.3 is 19.9 Å². The minimum absolute atomic E-state index is 0.114. The Morgan fingerprint density at radius 1 is 1.32 bits per heavy atom. The number of rotatable bonds is 4. The first-order valence-corrected chi connectivity index (χ1v) is 7.21. The van der Waals surface area contributed by atoms with Crippen molar-refractivity contribution in [1.29, 1.82) is 0 Å². The molecule has 22 heavy (non-hydrogen) atoms. The lowest BCUT2D eigenvalue weighted by Crippen LogP contribution is -2.48. The van der Waals surface area contributed by atoms with E-state index in [2.05, 4.69) is 14.8 Å². The van der Waals surface area contributed by atoms with E-state index in [9.17, 15) is 4.79 Å². The van der Waals surface area contributed by atoms with Gasteiger partial charge in [-0.3, -0.25) is 4.79 Å². The van der Waals surface area contributed by atoms with Gasteiger partial charge in [-0.1, -0.05) is 30.3 Å². The van der Waals surface area contributed by atoms with Crippen LogP contribution >= 0.6 is 0 Å². The van der Waals surface area contributed by atoms with Crippen LogP contribution in [-0.4, -0.2) is 51.9 Å². The lowest BCUT2D eigenvalue weighted by atomic mass is 10.2. The second kappa shape index (κ2) is 6.25. The Bertz CT molecular complexity index is 655. The van der Waals surface area contributed by atoms with Gasteiger partial charge in [0, 0.05) is 25.8 Å². The highest BCUT2D eigenvalue weighted by atomic mass is 16.5. The van der Waals surface area contributed by atoms with Crippen LogP contribution in [-0.2, 0) is 22.6 Å². The summed E-state index contributed by atoms with van der Waals surface area (Å²) in [6.07, 6.45) is 0. The Morgan fingerprint density at radius 3 is 2.82 bits per heavy atom. The van der Waals surface area contributed by atoms with Crippen molar-refractivity contribution < 1.29 is 9.53 Å². The van der Waals surface area contributed by atoms with E-state index in [1.54, 1.807) is 4.90 Å². The molecule has 1 aromatic carbocycles. The van der Waals surface area contributed by atoms with Gasteiger partial charge in [0.1, 0.15) is 6.04 Å². The van der Waals surface area contributed by atoms with E-state index in [1.165, 1.54) is 7.11 Å². The van der Waals surface area contributed by atoms with Crippen molar-refractivity contribution in [2.75, 3.05) is 20.3 Å². The minimum Gasteiger partial charge on any atom is -0.383 e. The third-order valence-corrected chi connectivity index (χ3v) is 3.76. The van der Waals surface area contributed by atoms with Gasteiger partial charge in [0.05, 0.1) is 13.2 Å². The molecule has 7 nitrogen and oxygen atoms in total. The molecule has 0 saturated carbocycles. The molecule has 2 heterocycles. The number of carbonyl (C=O) groups is 1. The highest BCUT2D eigenvalue weighted by Crippen LogP contribution is 2.21. The zero-order valence-electron chi connectivity index (χ0n) is 12.5. The molecule has 2 N–H and O–H groups in total. The second-order valence-electron chi connectivity index (χ2n) is 5.28. The van der Waals surface area contributed by atoms with Crippen molar-refractivity contribution >= 4 is 5.91 Å². The van der Waals surface area contributed by atoms with Crippen LogP contribution in [0.5, 0.6) is 0 Å². The van der Waals surface area contributed by atoms with E-state index in [-0.39, 0.29) is 12.5 Å². The smallest absolute Gasteiger partial charge is 0.242 e. The zero-order valence-corrected chi connectivity index (χ0v) is 12.5. The highest BCUT2D eigenvalue weighted by Gasteiger charge is 2.27. The third kappa shape index (κ3) is 2.72. The predicted octanol–water partition coefficient (Wildman–Crippen LogP) is 0.261. The molecule has 116 valence electrons. The maximum Gasteiger partial charge on any atom is 0.242 e. The van der Waals surface area contributed by atoms with Crippen LogP contribution in [0, 0.1) is 0 Å². The van der Waals surface area contributed by atoms with Crippen LogP contribution in [0.3, 0.4) is 0 Å². The molecule has 0 radical (unpaired) electrons. The van der Waals surface area contributed by atoms with Gasteiger partial charge >= 0.3 is 0 Å². The standard InChI is InChI=1S/C15H19N5O2/c1-22-10-12(16)15(21)19-7-8-20-13(9-19)17-18-14(20)11-5-3-2-4-6-11/h2-6,12H,7-10,16H2,1H3. The number of carbonyl (C=O) groups excluding carboxylic acids is 1. The van der Waals surface area contributed by atoms with Crippen molar-refractivity contribution in [2.45, 2.75) is 19.1 Å². The fourth-order valence-electron chi connectivity index (χ4n) is 2.63. The summed E-state index contributed by atoms with van der Waals surface area (Å²) in [7, 11) is 1.53. The number of hydrogen-bond donors (Lipinski definition) is 1. The molecule has 0 aliphatic carbocycles. The predicted molar refractivity (Wildman–Crippen MR) is 80.7 cm³/mol. The van der Waals surface area contributed by atoms with Crippen molar-refractivity contribution in [3.05, 3.63) is 36.2 Å². The largest absolute Gasteiger partial charge is 0.383 e. The number of methoxy groups -OCH3 is 1. The molecule has 7 heteroatoms. The first-order valence-electron chi connectivity index (χ1n) is 7.21. The molecule has 1 amide bonds. The maximum absolute atomic E-state index is 12.2. The van der Waals surface area contributed by atoms with Crippen molar-refractivity contribution in [3.8, 4) is 11.4 Å². The number of aromatic nitrogens is 3. The number of benzene rings is 1. The molecular formula is C15H19N5O2. The lowest BCUT2D eigenvalue weighted by Gasteiger charge is -2.29. The number of amides is 1. The molecule has 0 saturated heterocycles. The number of nitrogens with two attached hydrogens (primary N) is 1. The Labute approximate surface area is 128 Å². The molecule has 3 rings (SSSR count). The van der Waals surface area contributed by atoms with Crippen LogP contribution in [0.25, 0.3) is 11.4 Å². The molecule has 0 spiro atoms. The second-order valence-corrected chi connectivity index (χ2v) is 5.28. The summed E-state index contributed by atoms with van der Waals surface area (Å²) in [5, 5.41) is 8.48. The first-order chi connectivity index (χ1) is 10.7. The Hall–Kier alpha value is -2.25. The summed E-state index contributed by atoms with van der Waals surface area (Å²) < 4.78 is 7.00. The number of ether oxygens (including phenoxy) is 1. The summed E-state index contributed by atoms with van der Waals surface area (Å²) in [6.45, 7) is 1.91. The van der Waals surface area contributed by atoms with E-state index in [0.717, 1.165) is 17.2 Å². The van der Waals surface area contributed by atoms with Gasteiger partial charge in [-0.25, -0.2) is 0 Å². The number of hydrogen-bond acceptors (Lipinski definition) is 5. The molecule has 0 bridgehead atoms. The van der Waals surface area contributed by atoms with Gasteiger partial charge in [-0.05, 0) is 0 Å². The summed E-state index contributed by atoms with van der Waals surface area (Å²) in [6, 6.07) is 9.29. The normalized spacial score (nSPS) is 15.5. The molecule has 1 aliphatic heterocycles. The average Bonchev–Trinajstić information content (AvgIpc) is 2.98. The highest BCUT2D eigenvalue weighted by molar-refractivity contribution is 5.81. The van der Waals surface area contributed by atoms with Gasteiger partial charge in [-0.2, -0.15) is 0 Å². The fraction of sp³-hybridized carbons (Fsp3) is 0.400. The topological polar surface area (TPSA) is 86.3 Å². The zero-order chi connectivity index (χ0) is 15.5. The average molecular weight is 301 g/mol. The number of fused-ring (bicyclic) bond motifs is 1. The van der Waals surface area contributed by atoms with Crippen LogP contribution < -0.4 is 5.73 Å². The molecule has 1 atom stereocenters. The molecule has 1 aromatic heterocycles. The van der Waals surface area contributed by atoms with E-state index in [0.29, 0.717) is 19.6 Å². The molecular weight excluding hydrogens is 282 g/mol. The van der Waals surface area contributed by atoms with Gasteiger partial charge in [-0.15, -0.1) is 10.2 Å². The Balaban J connectivity index is 1.78. The van der Waals surface area contributed by atoms with Crippen molar-refractivity contribution in [2.24, 2.45) is 5.73 Å². The third-order valence-electron chi connectivity index (χ3n) is 3.76. The van der Waals surface area contributed by atoms with Gasteiger partial charge in [0.15, 0.2) is 11.6 Å². The summed E-state index contributed by atoms with van der Waals surface area (Å²) in [4.78, 5) is 13.9. The SMILES string of the molecule is COCC(N)C(=O)N1CCn2c(nnc2-c2ccccc2)C1. The molecule has 2 aromatic rings. The van der Waals surface area contributed by atoms with Crippen molar-refractivity contribution in [1.82, 2.24) is 19.7 Å². The van der Waals surface area contributed by atoms with Gasteiger partial charge in [0.2, 0.25) is 5.91 Å². The molecule has 1 unspecified atom stereocenters. The van der Waals surface area contributed by atoms with Crippen LogP contribution in [0.15, 0.2) is 30.3 Å². The maximum atomic E-state index is 12.2. The Kier molecular flexibility index (Phi) is 4.17. The quantitative estimate of drug-likeness (QED) is 0.875. The van der Waals surface area contributed by atoms with E-state index >= 15 is 0 Å². The van der Waals surface area contributed by atoms with E-state index < -0.39 is 6.04 Å². The van der Waals surface area contributed by atoms with Crippen molar-refractivity contribution in [3.63, 3.8) is 0 Å². The number of nitrogens with zero attached hydrogens (tertiary/aromatic N) is 4. The lowest BCUT2D eigenvalue weighted by molar-refractivity contribution is -0.135. The molecule has 0 fully saturated rings. The van der Waals surface area contributed by atoms with E-state index in [4.69, 9.17) is 10.5 Å². The first kappa shape index (κ1) is 14.7. The van der Waals surface area contributed by atoms with Crippen LogP contribution in [0.4, 0.5) is 0 Å². The fourth-order valence-corrected chi connectivity index (χ4v) is 2.63. The summed E-state index contributed by atoms with van der Waals surface area (Å²) in [5.41, 5.74) is 6.84. The van der Waals surface area contributed by atoms with Gasteiger partial charge in [0.25, 0.3) is 0 Å². The van der Waals surface area contributed by atoms with E-state index in [1.807, 2.05) is 30.3 Å². The minimum atomic E-state index is -0.631. The molecule has 1 aliphatic rings. The summed E-state index contributed by atoms with van der Waals surface area (Å²) in [5.74, 6) is 1.50. The summed E-state index contributed by atoms with van der Waals surface area (Å²) >= 11 is 0. The Morgan fingerprint density at radius 2 is 2.09 bits per heavy atom. The van der Waals surface area contributed by atoms with Crippen LogP contribution in [0.1, 0.15) is 5.82 Å².